The lowest BCUT2D eigenvalue weighted by Crippen LogP contribution is -2.26. The topological polar surface area (TPSA) is 21.3 Å². The lowest BCUT2D eigenvalue weighted by atomic mass is 10.2. The van der Waals surface area contributed by atoms with Gasteiger partial charge in [0, 0.05) is 25.3 Å². The van der Waals surface area contributed by atoms with E-state index in [9.17, 15) is 4.39 Å². The van der Waals surface area contributed by atoms with Gasteiger partial charge in [-0.2, -0.15) is 0 Å². The monoisotopic (exact) mass is 243 g/mol. The van der Waals surface area contributed by atoms with Crippen LogP contribution in [0.25, 0.3) is 0 Å². The van der Waals surface area contributed by atoms with Crippen LogP contribution in [0.2, 0.25) is 5.02 Å². The molecular weight excluding hydrogens is 229 g/mol. The summed E-state index contributed by atoms with van der Waals surface area (Å²) in [5.74, 6) is -0.330. The zero-order valence-corrected chi connectivity index (χ0v) is 9.77. The van der Waals surface area contributed by atoms with E-state index in [0.717, 1.165) is 26.0 Å². The van der Waals surface area contributed by atoms with Crippen molar-refractivity contribution in [3.63, 3.8) is 0 Å². The van der Waals surface area contributed by atoms with E-state index in [1.54, 1.807) is 18.2 Å². The molecular formula is C12H15ClFNO. The predicted molar refractivity (Wildman–Crippen MR) is 62.1 cm³/mol. The molecule has 16 heavy (non-hydrogen) atoms. The maximum absolute atomic E-state index is 13.5. The fourth-order valence-corrected chi connectivity index (χ4v) is 2.05. The second-order valence-corrected chi connectivity index (χ2v) is 4.39. The third-order valence-corrected chi connectivity index (χ3v) is 3.03. The highest BCUT2D eigenvalue weighted by Crippen LogP contribution is 2.17. The summed E-state index contributed by atoms with van der Waals surface area (Å²) in [6.07, 6.45) is 2.49. The highest BCUT2D eigenvalue weighted by atomic mass is 35.5. The van der Waals surface area contributed by atoms with Gasteiger partial charge in [0.2, 0.25) is 0 Å². The molecule has 1 fully saturated rings. The van der Waals surface area contributed by atoms with Crippen LogP contribution >= 0.6 is 11.6 Å². The van der Waals surface area contributed by atoms with Crippen molar-refractivity contribution in [2.45, 2.75) is 25.5 Å². The Morgan fingerprint density at radius 2 is 2.38 bits per heavy atom. The van der Waals surface area contributed by atoms with Gasteiger partial charge in [0.1, 0.15) is 5.82 Å². The fraction of sp³-hybridized carbons (Fsp3) is 0.500. The molecule has 0 saturated carbocycles. The molecule has 1 aromatic carbocycles. The Balaban J connectivity index is 1.82. The van der Waals surface area contributed by atoms with Gasteiger partial charge >= 0.3 is 0 Å². The van der Waals surface area contributed by atoms with Crippen LogP contribution in [0.4, 0.5) is 4.39 Å². The largest absolute Gasteiger partial charge is 0.377 e. The molecule has 1 unspecified atom stereocenters. The SMILES string of the molecule is Fc1c(Cl)cccc1CNCC1CCCO1. The zero-order valence-electron chi connectivity index (χ0n) is 9.01. The van der Waals surface area contributed by atoms with Crippen molar-refractivity contribution in [2.75, 3.05) is 13.2 Å². The Morgan fingerprint density at radius 1 is 1.50 bits per heavy atom. The predicted octanol–water partition coefficient (Wildman–Crippen LogP) is 2.75. The molecule has 0 aliphatic carbocycles. The Bertz CT molecular complexity index is 353. The lowest BCUT2D eigenvalue weighted by Gasteiger charge is -2.11. The van der Waals surface area contributed by atoms with Crippen molar-refractivity contribution in [1.29, 1.82) is 0 Å². The number of ether oxygens (including phenoxy) is 1. The third kappa shape index (κ3) is 2.94. The van der Waals surface area contributed by atoms with Gasteiger partial charge in [-0.15, -0.1) is 0 Å². The molecule has 0 radical (unpaired) electrons. The fourth-order valence-electron chi connectivity index (χ4n) is 1.86. The smallest absolute Gasteiger partial charge is 0.146 e. The summed E-state index contributed by atoms with van der Waals surface area (Å²) < 4.78 is 19.0. The van der Waals surface area contributed by atoms with Gasteiger partial charge in [-0.25, -0.2) is 4.39 Å². The normalized spacial score (nSPS) is 20.2. The summed E-state index contributed by atoms with van der Waals surface area (Å²) in [5.41, 5.74) is 0.602. The number of rotatable bonds is 4. The van der Waals surface area contributed by atoms with Crippen molar-refractivity contribution in [2.24, 2.45) is 0 Å². The van der Waals surface area contributed by atoms with Gasteiger partial charge in [-0.3, -0.25) is 0 Å². The van der Waals surface area contributed by atoms with Crippen LogP contribution in [-0.4, -0.2) is 19.3 Å². The van der Waals surface area contributed by atoms with Crippen LogP contribution in [0.5, 0.6) is 0 Å². The minimum atomic E-state index is -0.330. The van der Waals surface area contributed by atoms with Crippen molar-refractivity contribution in [1.82, 2.24) is 5.32 Å². The summed E-state index contributed by atoms with van der Waals surface area (Å²) in [6, 6.07) is 5.05. The van der Waals surface area contributed by atoms with E-state index in [-0.39, 0.29) is 16.9 Å². The van der Waals surface area contributed by atoms with Crippen molar-refractivity contribution >= 4 is 11.6 Å². The van der Waals surface area contributed by atoms with Crippen LogP contribution in [0.15, 0.2) is 18.2 Å². The quantitative estimate of drug-likeness (QED) is 0.878. The Morgan fingerprint density at radius 3 is 3.12 bits per heavy atom. The minimum Gasteiger partial charge on any atom is -0.377 e. The molecule has 0 aromatic heterocycles. The van der Waals surface area contributed by atoms with E-state index >= 15 is 0 Å². The highest BCUT2D eigenvalue weighted by Gasteiger charge is 2.14. The first-order valence-electron chi connectivity index (χ1n) is 5.52. The van der Waals surface area contributed by atoms with Gasteiger partial charge in [0.25, 0.3) is 0 Å². The van der Waals surface area contributed by atoms with E-state index < -0.39 is 0 Å². The standard InChI is InChI=1S/C12H15ClFNO/c13-11-5-1-3-9(12(11)14)7-15-8-10-4-2-6-16-10/h1,3,5,10,15H,2,4,6-8H2. The maximum Gasteiger partial charge on any atom is 0.146 e. The van der Waals surface area contributed by atoms with E-state index in [2.05, 4.69) is 5.32 Å². The molecule has 0 amide bonds. The average molecular weight is 244 g/mol. The van der Waals surface area contributed by atoms with Crippen LogP contribution in [0, 0.1) is 5.82 Å². The number of halogens is 2. The number of benzene rings is 1. The summed E-state index contributed by atoms with van der Waals surface area (Å²) >= 11 is 5.69. The first-order chi connectivity index (χ1) is 7.77. The van der Waals surface area contributed by atoms with E-state index in [4.69, 9.17) is 16.3 Å². The van der Waals surface area contributed by atoms with Crippen LogP contribution in [0.3, 0.4) is 0 Å². The molecule has 4 heteroatoms. The first-order valence-corrected chi connectivity index (χ1v) is 5.90. The van der Waals surface area contributed by atoms with Gasteiger partial charge in [-0.1, -0.05) is 23.7 Å². The highest BCUT2D eigenvalue weighted by molar-refractivity contribution is 6.30. The summed E-state index contributed by atoms with van der Waals surface area (Å²) in [5, 5.41) is 3.37. The molecule has 1 heterocycles. The summed E-state index contributed by atoms with van der Waals surface area (Å²) in [4.78, 5) is 0. The average Bonchev–Trinajstić information content (AvgIpc) is 2.77. The molecule has 2 rings (SSSR count). The molecule has 2 nitrogen and oxygen atoms in total. The zero-order chi connectivity index (χ0) is 11.4. The molecule has 88 valence electrons. The van der Waals surface area contributed by atoms with Gasteiger partial charge in [-0.05, 0) is 18.9 Å². The molecule has 1 saturated heterocycles. The van der Waals surface area contributed by atoms with E-state index in [1.165, 1.54) is 0 Å². The van der Waals surface area contributed by atoms with Gasteiger partial charge < -0.3 is 10.1 Å². The second kappa shape index (κ2) is 5.62. The van der Waals surface area contributed by atoms with Crippen LogP contribution < -0.4 is 5.32 Å². The van der Waals surface area contributed by atoms with E-state index in [1.807, 2.05) is 0 Å². The molecule has 1 aliphatic heterocycles. The molecule has 0 spiro atoms. The second-order valence-electron chi connectivity index (χ2n) is 3.98. The van der Waals surface area contributed by atoms with Crippen molar-refractivity contribution < 1.29 is 9.13 Å². The molecule has 1 aromatic rings. The molecule has 0 bridgehead atoms. The van der Waals surface area contributed by atoms with Crippen molar-refractivity contribution in [3.8, 4) is 0 Å². The minimum absolute atomic E-state index is 0.177. The summed E-state index contributed by atoms with van der Waals surface area (Å²) in [6.45, 7) is 2.11. The van der Waals surface area contributed by atoms with Crippen LogP contribution in [-0.2, 0) is 11.3 Å². The Kier molecular flexibility index (Phi) is 4.16. The Hall–Kier alpha value is -0.640. The lowest BCUT2D eigenvalue weighted by molar-refractivity contribution is 0.110. The number of hydrogen-bond donors (Lipinski definition) is 1. The number of hydrogen-bond acceptors (Lipinski definition) is 2. The first kappa shape index (κ1) is 11.8. The van der Waals surface area contributed by atoms with Gasteiger partial charge in [0.15, 0.2) is 0 Å². The number of nitrogens with one attached hydrogen (secondary N) is 1. The Labute approximate surface area is 99.7 Å². The maximum atomic E-state index is 13.5. The molecule has 1 atom stereocenters. The van der Waals surface area contributed by atoms with Gasteiger partial charge in [0.05, 0.1) is 11.1 Å². The van der Waals surface area contributed by atoms with Crippen LogP contribution in [0.1, 0.15) is 18.4 Å². The molecule has 1 aliphatic rings. The van der Waals surface area contributed by atoms with E-state index in [0.29, 0.717) is 12.1 Å². The summed E-state index contributed by atoms with van der Waals surface area (Å²) in [7, 11) is 0. The van der Waals surface area contributed by atoms with Crippen molar-refractivity contribution in [3.05, 3.63) is 34.6 Å². The molecule has 1 N–H and O–H groups in total. The third-order valence-electron chi connectivity index (χ3n) is 2.74.